The second kappa shape index (κ2) is 9.55. The molecule has 0 N–H and O–H groups in total. The maximum atomic E-state index is 12.4. The highest BCUT2D eigenvalue weighted by Crippen LogP contribution is 2.17. The topological polar surface area (TPSA) is 93.1 Å². The van der Waals surface area contributed by atoms with Crippen molar-refractivity contribution in [3.05, 3.63) is 32.2 Å². The predicted octanol–water partition coefficient (Wildman–Crippen LogP) is 1.58. The van der Waals surface area contributed by atoms with Crippen molar-refractivity contribution in [2.75, 3.05) is 27.4 Å². The Hall–Kier alpha value is -1.71. The molecular formula is C15H20BrNO7. The van der Waals surface area contributed by atoms with Crippen LogP contribution in [0.4, 0.5) is 0 Å². The minimum atomic E-state index is -0.779. The molecule has 1 aromatic rings. The Balaban J connectivity index is 3.50. The number of nitrogens with zero attached hydrogens (tertiary/aromatic N) is 1. The van der Waals surface area contributed by atoms with E-state index in [1.165, 1.54) is 25.0 Å². The highest BCUT2D eigenvalue weighted by molar-refractivity contribution is 9.10. The summed E-state index contributed by atoms with van der Waals surface area (Å²) in [6.07, 6.45) is 0.546. The van der Waals surface area contributed by atoms with Crippen LogP contribution in [-0.4, -0.2) is 50.2 Å². The Morgan fingerprint density at radius 1 is 1.12 bits per heavy atom. The van der Waals surface area contributed by atoms with E-state index < -0.39 is 23.7 Å². The molecule has 1 aromatic heterocycles. The van der Waals surface area contributed by atoms with Gasteiger partial charge in [-0.15, -0.1) is 0 Å². The van der Waals surface area contributed by atoms with Crippen LogP contribution in [0.25, 0.3) is 0 Å². The summed E-state index contributed by atoms with van der Waals surface area (Å²) in [7, 11) is 2.87. The Bertz CT molecular complexity index is 652. The maximum Gasteiger partial charge on any atom is 0.356 e. The molecular weight excluding hydrogens is 386 g/mol. The minimum absolute atomic E-state index is 0.0333. The number of methoxy groups -OCH3 is 2. The zero-order valence-corrected chi connectivity index (χ0v) is 15.5. The van der Waals surface area contributed by atoms with Crippen LogP contribution in [0.2, 0.25) is 0 Å². The fourth-order valence-corrected chi connectivity index (χ4v) is 2.54. The third kappa shape index (κ3) is 4.65. The van der Waals surface area contributed by atoms with Crippen LogP contribution in [0.3, 0.4) is 0 Å². The normalized spacial score (nSPS) is 10.8. The first-order valence-electron chi connectivity index (χ1n) is 7.23. The van der Waals surface area contributed by atoms with Gasteiger partial charge in [0.05, 0.1) is 24.2 Å². The largest absolute Gasteiger partial charge is 0.462 e. The monoisotopic (exact) mass is 405 g/mol. The molecule has 8 nitrogen and oxygen atoms in total. The van der Waals surface area contributed by atoms with E-state index in [4.69, 9.17) is 18.9 Å². The van der Waals surface area contributed by atoms with E-state index in [-0.39, 0.29) is 35.5 Å². The van der Waals surface area contributed by atoms with Gasteiger partial charge in [-0.2, -0.15) is 0 Å². The molecule has 0 unspecified atom stereocenters. The zero-order valence-electron chi connectivity index (χ0n) is 14.0. The lowest BCUT2D eigenvalue weighted by molar-refractivity contribution is -0.111. The van der Waals surface area contributed by atoms with Gasteiger partial charge in [0.15, 0.2) is 6.29 Å². The molecule has 0 radical (unpaired) electrons. The van der Waals surface area contributed by atoms with E-state index in [0.717, 1.165) is 0 Å². The second-order valence-corrected chi connectivity index (χ2v) is 5.32. The van der Waals surface area contributed by atoms with E-state index in [1.54, 1.807) is 13.8 Å². The van der Waals surface area contributed by atoms with Crippen LogP contribution in [0.15, 0.2) is 15.5 Å². The van der Waals surface area contributed by atoms with Gasteiger partial charge < -0.3 is 23.5 Å². The van der Waals surface area contributed by atoms with Gasteiger partial charge in [0.1, 0.15) is 11.3 Å². The number of carbonyl (C=O) groups excluding carboxylic acids is 2. The summed E-state index contributed by atoms with van der Waals surface area (Å²) >= 11 is 3.08. The first kappa shape index (κ1) is 20.3. The number of halogens is 1. The molecule has 1 heterocycles. The molecule has 0 aromatic carbocycles. The summed E-state index contributed by atoms with van der Waals surface area (Å²) in [4.78, 5) is 36.5. The highest BCUT2D eigenvalue weighted by Gasteiger charge is 2.25. The van der Waals surface area contributed by atoms with Crippen molar-refractivity contribution in [3.8, 4) is 0 Å². The number of carbonyl (C=O) groups is 2. The van der Waals surface area contributed by atoms with Crippen molar-refractivity contribution >= 4 is 27.9 Å². The van der Waals surface area contributed by atoms with E-state index in [9.17, 15) is 14.4 Å². The standard InChI is InChI=1S/C15H20BrNO7/c1-5-23-14(19)9-7-17(8-10(21-3)22-4)12(11(16)13(9)18)15(20)24-6-2/h7,10H,5-6,8H2,1-4H3. The van der Waals surface area contributed by atoms with Crippen molar-refractivity contribution in [2.45, 2.75) is 26.7 Å². The molecule has 9 heteroatoms. The Morgan fingerprint density at radius 2 is 1.67 bits per heavy atom. The van der Waals surface area contributed by atoms with E-state index >= 15 is 0 Å². The maximum absolute atomic E-state index is 12.4. The number of aromatic nitrogens is 1. The first-order chi connectivity index (χ1) is 11.4. The van der Waals surface area contributed by atoms with Crippen LogP contribution in [0.5, 0.6) is 0 Å². The number of rotatable bonds is 8. The fraction of sp³-hybridized carbons (Fsp3) is 0.533. The van der Waals surface area contributed by atoms with Crippen LogP contribution in [0.1, 0.15) is 34.7 Å². The summed E-state index contributed by atoms with van der Waals surface area (Å²) in [5, 5.41) is 0. The number of ether oxygens (including phenoxy) is 4. The molecule has 0 amide bonds. The van der Waals surface area contributed by atoms with Crippen molar-refractivity contribution in [1.82, 2.24) is 4.57 Å². The number of pyridine rings is 1. The number of hydrogen-bond donors (Lipinski definition) is 0. The molecule has 0 saturated carbocycles. The van der Waals surface area contributed by atoms with Gasteiger partial charge in [0.2, 0.25) is 5.43 Å². The van der Waals surface area contributed by atoms with Crippen molar-refractivity contribution in [2.24, 2.45) is 0 Å². The predicted molar refractivity (Wildman–Crippen MR) is 88.1 cm³/mol. The van der Waals surface area contributed by atoms with E-state index in [2.05, 4.69) is 15.9 Å². The van der Waals surface area contributed by atoms with Crippen LogP contribution in [-0.2, 0) is 25.5 Å². The summed E-state index contributed by atoms with van der Waals surface area (Å²) < 4.78 is 21.4. The van der Waals surface area contributed by atoms with E-state index in [1.807, 2.05) is 0 Å². The second-order valence-electron chi connectivity index (χ2n) is 4.53. The lowest BCUT2D eigenvalue weighted by Crippen LogP contribution is -2.30. The quantitative estimate of drug-likeness (QED) is 0.478. The molecule has 24 heavy (non-hydrogen) atoms. The van der Waals surface area contributed by atoms with Gasteiger partial charge in [-0.25, -0.2) is 9.59 Å². The zero-order chi connectivity index (χ0) is 18.3. The fourth-order valence-electron chi connectivity index (χ4n) is 1.94. The Morgan fingerprint density at radius 3 is 2.17 bits per heavy atom. The molecule has 0 aliphatic carbocycles. The molecule has 0 aliphatic rings. The molecule has 0 aliphatic heterocycles. The van der Waals surface area contributed by atoms with Gasteiger partial charge in [-0.05, 0) is 29.8 Å². The first-order valence-corrected chi connectivity index (χ1v) is 8.03. The molecule has 134 valence electrons. The number of esters is 2. The van der Waals surface area contributed by atoms with Gasteiger partial charge in [-0.3, -0.25) is 4.79 Å². The summed E-state index contributed by atoms with van der Waals surface area (Å²) in [5.41, 5.74) is -0.893. The van der Waals surface area contributed by atoms with Crippen LogP contribution in [0, 0.1) is 0 Å². The summed E-state index contributed by atoms with van der Waals surface area (Å²) in [6.45, 7) is 3.59. The average Bonchev–Trinajstić information content (AvgIpc) is 2.55. The van der Waals surface area contributed by atoms with Gasteiger partial charge >= 0.3 is 11.9 Å². The minimum Gasteiger partial charge on any atom is -0.462 e. The highest BCUT2D eigenvalue weighted by atomic mass is 79.9. The third-order valence-corrected chi connectivity index (χ3v) is 3.80. The van der Waals surface area contributed by atoms with Crippen molar-refractivity contribution < 1.29 is 28.5 Å². The smallest absolute Gasteiger partial charge is 0.356 e. The SMILES string of the molecule is CCOC(=O)c1cn(CC(OC)OC)c(C(=O)OCC)c(Br)c1=O. The van der Waals surface area contributed by atoms with Crippen LogP contribution >= 0.6 is 15.9 Å². The summed E-state index contributed by atoms with van der Waals surface area (Å²) in [6, 6.07) is 0. The average molecular weight is 406 g/mol. The molecule has 0 saturated heterocycles. The lowest BCUT2D eigenvalue weighted by atomic mass is 10.2. The third-order valence-electron chi connectivity index (χ3n) is 3.06. The van der Waals surface area contributed by atoms with Gasteiger partial charge in [0.25, 0.3) is 0 Å². The molecule has 0 spiro atoms. The molecule has 0 atom stereocenters. The van der Waals surface area contributed by atoms with Crippen molar-refractivity contribution in [1.29, 1.82) is 0 Å². The Labute approximate surface area is 147 Å². The molecule has 0 bridgehead atoms. The van der Waals surface area contributed by atoms with E-state index in [0.29, 0.717) is 0 Å². The Kier molecular flexibility index (Phi) is 8.09. The summed E-state index contributed by atoms with van der Waals surface area (Å²) in [5.74, 6) is -1.48. The van der Waals surface area contributed by atoms with Gasteiger partial charge in [-0.1, -0.05) is 0 Å². The van der Waals surface area contributed by atoms with Crippen LogP contribution < -0.4 is 5.43 Å². The molecule has 1 rings (SSSR count). The van der Waals surface area contributed by atoms with Gasteiger partial charge in [0, 0.05) is 20.4 Å². The molecule has 0 fully saturated rings. The number of hydrogen-bond acceptors (Lipinski definition) is 7. The lowest BCUT2D eigenvalue weighted by Gasteiger charge is -2.20. The van der Waals surface area contributed by atoms with Crippen molar-refractivity contribution in [3.63, 3.8) is 0 Å².